The average molecular weight is 271 g/mol. The summed E-state index contributed by atoms with van der Waals surface area (Å²) < 4.78 is 28.4. The SMILES string of the molecule is CC(C)CCCNC(C)c1ccc(OC(F)F)cc1. The molecule has 0 fully saturated rings. The van der Waals surface area contributed by atoms with Gasteiger partial charge in [-0.25, -0.2) is 0 Å². The van der Waals surface area contributed by atoms with E-state index in [1.165, 1.54) is 6.42 Å². The van der Waals surface area contributed by atoms with Crippen molar-refractivity contribution < 1.29 is 13.5 Å². The Labute approximate surface area is 114 Å². The molecule has 1 unspecified atom stereocenters. The van der Waals surface area contributed by atoms with Gasteiger partial charge in [-0.15, -0.1) is 0 Å². The predicted molar refractivity (Wildman–Crippen MR) is 73.6 cm³/mol. The first kappa shape index (κ1) is 15.9. The van der Waals surface area contributed by atoms with Crippen molar-refractivity contribution in [2.24, 2.45) is 5.92 Å². The minimum atomic E-state index is -2.77. The van der Waals surface area contributed by atoms with Crippen LogP contribution in [0.3, 0.4) is 0 Å². The number of halogens is 2. The van der Waals surface area contributed by atoms with Gasteiger partial charge in [0.15, 0.2) is 0 Å². The fourth-order valence-corrected chi connectivity index (χ4v) is 1.88. The number of nitrogens with one attached hydrogen (secondary N) is 1. The third-order valence-electron chi connectivity index (χ3n) is 3.01. The molecule has 0 heterocycles. The lowest BCUT2D eigenvalue weighted by Crippen LogP contribution is -2.20. The van der Waals surface area contributed by atoms with Gasteiger partial charge in [0.1, 0.15) is 5.75 Å². The van der Waals surface area contributed by atoms with Gasteiger partial charge < -0.3 is 10.1 Å². The predicted octanol–water partition coefficient (Wildman–Crippen LogP) is 4.37. The van der Waals surface area contributed by atoms with E-state index in [4.69, 9.17) is 0 Å². The molecule has 0 saturated heterocycles. The molecule has 0 amide bonds. The molecule has 0 bridgehead atoms. The van der Waals surface area contributed by atoms with Gasteiger partial charge in [-0.3, -0.25) is 0 Å². The highest BCUT2D eigenvalue weighted by atomic mass is 19.3. The van der Waals surface area contributed by atoms with E-state index in [9.17, 15) is 8.78 Å². The van der Waals surface area contributed by atoms with Gasteiger partial charge in [-0.05, 0) is 49.9 Å². The van der Waals surface area contributed by atoms with Crippen LogP contribution in [0.2, 0.25) is 0 Å². The molecule has 1 aromatic carbocycles. The third kappa shape index (κ3) is 6.53. The molecule has 1 atom stereocenters. The fourth-order valence-electron chi connectivity index (χ4n) is 1.88. The largest absolute Gasteiger partial charge is 0.435 e. The highest BCUT2D eigenvalue weighted by Crippen LogP contribution is 2.19. The summed E-state index contributed by atoms with van der Waals surface area (Å²) in [5.74, 6) is 0.925. The lowest BCUT2D eigenvalue weighted by Gasteiger charge is -2.15. The molecule has 1 aromatic rings. The molecule has 19 heavy (non-hydrogen) atoms. The van der Waals surface area contributed by atoms with E-state index in [1.807, 2.05) is 12.1 Å². The van der Waals surface area contributed by atoms with Crippen LogP contribution in [0.5, 0.6) is 5.75 Å². The number of rotatable bonds is 8. The van der Waals surface area contributed by atoms with Crippen LogP contribution >= 0.6 is 0 Å². The highest BCUT2D eigenvalue weighted by Gasteiger charge is 2.07. The van der Waals surface area contributed by atoms with Crippen molar-refractivity contribution in [3.63, 3.8) is 0 Å². The van der Waals surface area contributed by atoms with Gasteiger partial charge in [0.05, 0.1) is 0 Å². The van der Waals surface area contributed by atoms with Crippen LogP contribution in [0.4, 0.5) is 8.78 Å². The van der Waals surface area contributed by atoms with Crippen molar-refractivity contribution in [3.8, 4) is 5.75 Å². The number of alkyl halides is 2. The Morgan fingerprint density at radius 3 is 2.26 bits per heavy atom. The first-order chi connectivity index (χ1) is 8.99. The van der Waals surface area contributed by atoms with E-state index in [-0.39, 0.29) is 11.8 Å². The van der Waals surface area contributed by atoms with E-state index in [0.717, 1.165) is 24.4 Å². The Balaban J connectivity index is 2.37. The topological polar surface area (TPSA) is 21.3 Å². The van der Waals surface area contributed by atoms with Crippen molar-refractivity contribution in [2.45, 2.75) is 46.3 Å². The summed E-state index contributed by atoms with van der Waals surface area (Å²) in [7, 11) is 0. The Hall–Kier alpha value is -1.16. The molecule has 0 saturated carbocycles. The smallest absolute Gasteiger partial charge is 0.387 e. The molecular formula is C15H23F2NO. The summed E-state index contributed by atoms with van der Waals surface area (Å²) in [4.78, 5) is 0. The molecule has 0 aliphatic heterocycles. The second kappa shape index (κ2) is 8.10. The molecule has 2 nitrogen and oxygen atoms in total. The second-order valence-electron chi connectivity index (χ2n) is 5.16. The Morgan fingerprint density at radius 2 is 1.74 bits per heavy atom. The molecule has 0 radical (unpaired) electrons. The lowest BCUT2D eigenvalue weighted by molar-refractivity contribution is -0.0498. The average Bonchev–Trinajstić information content (AvgIpc) is 2.34. The maximum atomic E-state index is 12.0. The quantitative estimate of drug-likeness (QED) is 0.709. The normalized spacial score (nSPS) is 13.0. The highest BCUT2D eigenvalue weighted by molar-refractivity contribution is 5.28. The monoisotopic (exact) mass is 271 g/mol. The van der Waals surface area contributed by atoms with Crippen LogP contribution in [-0.2, 0) is 0 Å². The van der Waals surface area contributed by atoms with E-state index in [2.05, 4.69) is 30.8 Å². The Morgan fingerprint density at radius 1 is 1.11 bits per heavy atom. The molecule has 0 aliphatic rings. The molecular weight excluding hydrogens is 248 g/mol. The maximum absolute atomic E-state index is 12.0. The van der Waals surface area contributed by atoms with Gasteiger partial charge in [0.2, 0.25) is 0 Å². The molecule has 1 rings (SSSR count). The van der Waals surface area contributed by atoms with Gasteiger partial charge >= 0.3 is 6.61 Å². The summed E-state index contributed by atoms with van der Waals surface area (Å²) >= 11 is 0. The number of hydrogen-bond acceptors (Lipinski definition) is 2. The van der Waals surface area contributed by atoms with Crippen molar-refractivity contribution >= 4 is 0 Å². The van der Waals surface area contributed by atoms with Gasteiger partial charge in [0, 0.05) is 6.04 Å². The van der Waals surface area contributed by atoms with E-state index in [1.54, 1.807) is 12.1 Å². The second-order valence-corrected chi connectivity index (χ2v) is 5.16. The zero-order valence-corrected chi connectivity index (χ0v) is 11.8. The molecule has 0 aromatic heterocycles. The molecule has 0 spiro atoms. The van der Waals surface area contributed by atoms with Gasteiger partial charge in [0.25, 0.3) is 0 Å². The van der Waals surface area contributed by atoms with Crippen molar-refractivity contribution in [1.82, 2.24) is 5.32 Å². The van der Waals surface area contributed by atoms with Crippen LogP contribution in [0.15, 0.2) is 24.3 Å². The van der Waals surface area contributed by atoms with Gasteiger partial charge in [-0.1, -0.05) is 26.0 Å². The molecule has 0 aliphatic carbocycles. The Bertz CT molecular complexity index is 352. The van der Waals surface area contributed by atoms with Crippen LogP contribution in [0.25, 0.3) is 0 Å². The first-order valence-corrected chi connectivity index (χ1v) is 6.77. The summed E-state index contributed by atoms with van der Waals surface area (Å²) in [6.45, 7) is 4.70. The van der Waals surface area contributed by atoms with Crippen LogP contribution in [0, 0.1) is 5.92 Å². The fraction of sp³-hybridized carbons (Fsp3) is 0.600. The Kier molecular flexibility index (Phi) is 6.78. The van der Waals surface area contributed by atoms with Crippen molar-refractivity contribution in [2.75, 3.05) is 6.54 Å². The van der Waals surface area contributed by atoms with Crippen LogP contribution < -0.4 is 10.1 Å². The standard InChI is InChI=1S/C15H23F2NO/c1-11(2)5-4-10-18-12(3)13-6-8-14(9-7-13)19-15(16)17/h6-9,11-12,15,18H,4-5,10H2,1-3H3. The third-order valence-corrected chi connectivity index (χ3v) is 3.01. The minimum Gasteiger partial charge on any atom is -0.435 e. The number of benzene rings is 1. The van der Waals surface area contributed by atoms with E-state index in [0.29, 0.717) is 0 Å². The van der Waals surface area contributed by atoms with Crippen molar-refractivity contribution in [1.29, 1.82) is 0 Å². The van der Waals surface area contributed by atoms with E-state index < -0.39 is 6.61 Å². The minimum absolute atomic E-state index is 0.200. The van der Waals surface area contributed by atoms with Crippen molar-refractivity contribution in [3.05, 3.63) is 29.8 Å². The van der Waals surface area contributed by atoms with Crippen LogP contribution in [0.1, 0.15) is 45.2 Å². The summed E-state index contributed by atoms with van der Waals surface area (Å²) in [5.41, 5.74) is 1.08. The first-order valence-electron chi connectivity index (χ1n) is 6.77. The molecule has 108 valence electrons. The van der Waals surface area contributed by atoms with E-state index >= 15 is 0 Å². The summed E-state index contributed by atoms with van der Waals surface area (Å²) in [6, 6.07) is 7.00. The lowest BCUT2D eigenvalue weighted by atomic mass is 10.1. The zero-order chi connectivity index (χ0) is 14.3. The molecule has 4 heteroatoms. The van der Waals surface area contributed by atoms with Crippen LogP contribution in [-0.4, -0.2) is 13.2 Å². The zero-order valence-electron chi connectivity index (χ0n) is 11.8. The number of hydrogen-bond donors (Lipinski definition) is 1. The molecule has 1 N–H and O–H groups in total. The number of ether oxygens (including phenoxy) is 1. The van der Waals surface area contributed by atoms with Gasteiger partial charge in [-0.2, -0.15) is 8.78 Å². The summed E-state index contributed by atoms with van der Waals surface area (Å²) in [5, 5.41) is 3.43. The maximum Gasteiger partial charge on any atom is 0.387 e. The summed E-state index contributed by atoms with van der Waals surface area (Å²) in [6.07, 6.45) is 2.36.